The molecule has 0 radical (unpaired) electrons. The molecule has 1 aliphatic rings. The second-order valence-electron chi connectivity index (χ2n) is 2.43. The van der Waals surface area contributed by atoms with E-state index in [1.807, 2.05) is 6.08 Å². The average molecular weight is 139 g/mol. The zero-order chi connectivity index (χ0) is 7.40. The SMILES string of the molecule is C=CN1CCCCC=C1O. The topological polar surface area (TPSA) is 23.5 Å². The molecule has 0 aliphatic carbocycles. The van der Waals surface area contributed by atoms with E-state index in [4.69, 9.17) is 0 Å². The van der Waals surface area contributed by atoms with Crippen molar-refractivity contribution in [1.29, 1.82) is 0 Å². The lowest BCUT2D eigenvalue weighted by Crippen LogP contribution is -2.15. The molecule has 0 unspecified atom stereocenters. The molecule has 0 atom stereocenters. The fraction of sp³-hybridized carbons (Fsp3) is 0.500. The smallest absolute Gasteiger partial charge is 0.186 e. The fourth-order valence-corrected chi connectivity index (χ4v) is 1.07. The van der Waals surface area contributed by atoms with Crippen LogP contribution >= 0.6 is 0 Å². The summed E-state index contributed by atoms with van der Waals surface area (Å²) in [6.07, 6.45) is 6.78. The summed E-state index contributed by atoms with van der Waals surface area (Å²) in [6, 6.07) is 0. The van der Waals surface area contributed by atoms with Gasteiger partial charge in [-0.15, -0.1) is 0 Å². The first kappa shape index (κ1) is 7.19. The van der Waals surface area contributed by atoms with Gasteiger partial charge in [0, 0.05) is 6.54 Å². The van der Waals surface area contributed by atoms with Crippen molar-refractivity contribution in [1.82, 2.24) is 4.90 Å². The molecule has 1 rings (SSSR count). The molecular formula is C8H13NO. The lowest BCUT2D eigenvalue weighted by molar-refractivity contribution is 0.257. The first-order chi connectivity index (χ1) is 4.84. The summed E-state index contributed by atoms with van der Waals surface area (Å²) >= 11 is 0. The van der Waals surface area contributed by atoms with E-state index in [9.17, 15) is 5.11 Å². The zero-order valence-corrected chi connectivity index (χ0v) is 6.08. The average Bonchev–Trinajstić information content (AvgIpc) is 2.13. The van der Waals surface area contributed by atoms with E-state index in [0.29, 0.717) is 5.88 Å². The molecular weight excluding hydrogens is 126 g/mol. The Morgan fingerprint density at radius 2 is 2.40 bits per heavy atom. The number of aliphatic hydroxyl groups is 1. The molecule has 0 bridgehead atoms. The van der Waals surface area contributed by atoms with Crippen LogP contribution in [0.4, 0.5) is 0 Å². The molecule has 56 valence electrons. The maximum atomic E-state index is 9.26. The minimum Gasteiger partial charge on any atom is -0.495 e. The van der Waals surface area contributed by atoms with Crippen molar-refractivity contribution < 1.29 is 5.11 Å². The summed E-state index contributed by atoms with van der Waals surface area (Å²) in [5, 5.41) is 9.26. The zero-order valence-electron chi connectivity index (χ0n) is 6.08. The van der Waals surface area contributed by atoms with Crippen molar-refractivity contribution in [3.8, 4) is 0 Å². The molecule has 0 saturated heterocycles. The summed E-state index contributed by atoms with van der Waals surface area (Å²) < 4.78 is 0. The Balaban J connectivity index is 2.60. The van der Waals surface area contributed by atoms with E-state index in [-0.39, 0.29) is 0 Å². The monoisotopic (exact) mass is 139 g/mol. The lowest BCUT2D eigenvalue weighted by atomic mass is 10.2. The molecule has 0 saturated carbocycles. The fourth-order valence-electron chi connectivity index (χ4n) is 1.07. The van der Waals surface area contributed by atoms with Crippen molar-refractivity contribution >= 4 is 0 Å². The third kappa shape index (κ3) is 1.53. The van der Waals surface area contributed by atoms with E-state index in [2.05, 4.69) is 6.58 Å². The van der Waals surface area contributed by atoms with Gasteiger partial charge in [-0.1, -0.05) is 6.58 Å². The second-order valence-corrected chi connectivity index (χ2v) is 2.43. The van der Waals surface area contributed by atoms with Crippen LogP contribution in [0.2, 0.25) is 0 Å². The molecule has 1 N–H and O–H groups in total. The Morgan fingerprint density at radius 3 is 3.10 bits per heavy atom. The summed E-state index contributed by atoms with van der Waals surface area (Å²) in [5.41, 5.74) is 0. The third-order valence-corrected chi connectivity index (χ3v) is 1.69. The standard InChI is InChI=1S/C8H13NO/c1-2-9-7-5-3-4-6-8(9)10/h2,6,10H,1,3-5,7H2. The van der Waals surface area contributed by atoms with E-state index in [1.54, 1.807) is 11.1 Å². The summed E-state index contributed by atoms with van der Waals surface area (Å²) in [6.45, 7) is 4.50. The van der Waals surface area contributed by atoms with Crippen molar-refractivity contribution in [2.45, 2.75) is 19.3 Å². The molecule has 0 aromatic carbocycles. The minimum atomic E-state index is 0.354. The molecule has 2 heteroatoms. The highest BCUT2D eigenvalue weighted by Gasteiger charge is 2.05. The number of aliphatic hydroxyl groups excluding tert-OH is 1. The molecule has 0 amide bonds. The van der Waals surface area contributed by atoms with Crippen LogP contribution in [-0.2, 0) is 0 Å². The summed E-state index contributed by atoms with van der Waals surface area (Å²) in [7, 11) is 0. The number of hydrogen-bond acceptors (Lipinski definition) is 2. The van der Waals surface area contributed by atoms with E-state index >= 15 is 0 Å². The predicted molar refractivity (Wildman–Crippen MR) is 41.5 cm³/mol. The first-order valence-corrected chi connectivity index (χ1v) is 3.63. The second kappa shape index (κ2) is 3.30. The highest BCUT2D eigenvalue weighted by atomic mass is 16.3. The molecule has 0 spiro atoms. The van der Waals surface area contributed by atoms with Gasteiger partial charge in [0.1, 0.15) is 0 Å². The normalized spacial score (nSPS) is 19.6. The van der Waals surface area contributed by atoms with Gasteiger partial charge in [0.2, 0.25) is 0 Å². The van der Waals surface area contributed by atoms with Gasteiger partial charge in [-0.3, -0.25) is 0 Å². The van der Waals surface area contributed by atoms with Gasteiger partial charge in [-0.2, -0.15) is 0 Å². The van der Waals surface area contributed by atoms with Crippen molar-refractivity contribution in [3.63, 3.8) is 0 Å². The van der Waals surface area contributed by atoms with Crippen LogP contribution in [0.1, 0.15) is 19.3 Å². The third-order valence-electron chi connectivity index (χ3n) is 1.69. The Hall–Kier alpha value is -0.920. The molecule has 1 heterocycles. The van der Waals surface area contributed by atoms with Crippen molar-refractivity contribution in [2.75, 3.05) is 6.54 Å². The number of allylic oxidation sites excluding steroid dienone is 1. The Bertz CT molecular complexity index is 151. The van der Waals surface area contributed by atoms with Crippen molar-refractivity contribution in [2.24, 2.45) is 0 Å². The van der Waals surface area contributed by atoms with Gasteiger partial charge in [-0.25, -0.2) is 0 Å². The first-order valence-electron chi connectivity index (χ1n) is 3.63. The maximum absolute atomic E-state index is 9.26. The minimum absolute atomic E-state index is 0.354. The van der Waals surface area contributed by atoms with E-state index < -0.39 is 0 Å². The van der Waals surface area contributed by atoms with Gasteiger partial charge in [-0.05, 0) is 31.5 Å². The lowest BCUT2D eigenvalue weighted by Gasteiger charge is -2.15. The summed E-state index contributed by atoms with van der Waals surface area (Å²) in [5.74, 6) is 0.354. The van der Waals surface area contributed by atoms with Crippen LogP contribution in [0.5, 0.6) is 0 Å². The van der Waals surface area contributed by atoms with Crippen molar-refractivity contribution in [3.05, 3.63) is 24.7 Å². The Kier molecular flexibility index (Phi) is 2.37. The molecule has 1 aliphatic heterocycles. The number of hydrogen-bond donors (Lipinski definition) is 1. The van der Waals surface area contributed by atoms with Crippen LogP contribution in [0.15, 0.2) is 24.7 Å². The molecule has 0 fully saturated rings. The van der Waals surface area contributed by atoms with Gasteiger partial charge < -0.3 is 10.0 Å². The number of nitrogens with zero attached hydrogens (tertiary/aromatic N) is 1. The molecule has 10 heavy (non-hydrogen) atoms. The predicted octanol–water partition coefficient (Wildman–Crippen LogP) is 2.02. The van der Waals surface area contributed by atoms with Crippen LogP contribution in [0.3, 0.4) is 0 Å². The molecule has 0 aromatic rings. The molecule has 0 aromatic heterocycles. The quantitative estimate of drug-likeness (QED) is 0.600. The Morgan fingerprint density at radius 1 is 1.60 bits per heavy atom. The highest BCUT2D eigenvalue weighted by Crippen LogP contribution is 2.11. The molecule has 2 nitrogen and oxygen atoms in total. The van der Waals surface area contributed by atoms with Gasteiger partial charge in [0.05, 0.1) is 0 Å². The van der Waals surface area contributed by atoms with E-state index in [1.165, 1.54) is 0 Å². The van der Waals surface area contributed by atoms with E-state index in [0.717, 1.165) is 25.8 Å². The van der Waals surface area contributed by atoms with Crippen LogP contribution in [0, 0.1) is 0 Å². The van der Waals surface area contributed by atoms with Crippen LogP contribution < -0.4 is 0 Å². The number of rotatable bonds is 1. The summed E-state index contributed by atoms with van der Waals surface area (Å²) in [4.78, 5) is 1.77. The largest absolute Gasteiger partial charge is 0.495 e. The van der Waals surface area contributed by atoms with Crippen LogP contribution in [0.25, 0.3) is 0 Å². The van der Waals surface area contributed by atoms with Gasteiger partial charge in [0.25, 0.3) is 0 Å². The highest BCUT2D eigenvalue weighted by molar-refractivity contribution is 4.97. The van der Waals surface area contributed by atoms with Gasteiger partial charge >= 0.3 is 0 Å². The van der Waals surface area contributed by atoms with Gasteiger partial charge in [0.15, 0.2) is 5.88 Å². The maximum Gasteiger partial charge on any atom is 0.186 e. The van der Waals surface area contributed by atoms with Crippen LogP contribution in [-0.4, -0.2) is 16.6 Å². The Labute approximate surface area is 61.5 Å².